The zero-order valence-electron chi connectivity index (χ0n) is 10.9. The first-order valence-electron chi connectivity index (χ1n) is 5.78. The van der Waals surface area contributed by atoms with Gasteiger partial charge < -0.3 is 10.1 Å². The van der Waals surface area contributed by atoms with Crippen LogP contribution >= 0.6 is 15.9 Å². The molecule has 0 bridgehead atoms. The second-order valence-corrected chi connectivity index (χ2v) is 5.04. The Morgan fingerprint density at radius 3 is 2.80 bits per heavy atom. The number of carbonyl (C=O) groups is 1. The lowest BCUT2D eigenvalue weighted by atomic mass is 10.1. The van der Waals surface area contributed by atoms with Crippen molar-refractivity contribution in [3.05, 3.63) is 52.0 Å². The maximum Gasteiger partial charge on any atom is 0.255 e. The van der Waals surface area contributed by atoms with E-state index in [1.54, 1.807) is 6.07 Å². The highest BCUT2D eigenvalue weighted by molar-refractivity contribution is 9.10. The smallest absolute Gasteiger partial charge is 0.255 e. The van der Waals surface area contributed by atoms with Gasteiger partial charge in [-0.1, -0.05) is 15.9 Å². The molecule has 0 spiro atoms. The van der Waals surface area contributed by atoms with E-state index in [9.17, 15) is 9.18 Å². The van der Waals surface area contributed by atoms with E-state index in [0.29, 0.717) is 11.4 Å². The van der Waals surface area contributed by atoms with Gasteiger partial charge in [-0.25, -0.2) is 4.98 Å². The number of methoxy groups -OCH3 is 1. The summed E-state index contributed by atoms with van der Waals surface area (Å²) in [6.07, 6.45) is 1.25. The Kier molecular flexibility index (Phi) is 4.34. The van der Waals surface area contributed by atoms with Crippen LogP contribution in [0.25, 0.3) is 0 Å². The van der Waals surface area contributed by atoms with Crippen LogP contribution in [0.3, 0.4) is 0 Å². The second kappa shape index (κ2) is 6.00. The zero-order chi connectivity index (χ0) is 14.7. The van der Waals surface area contributed by atoms with Crippen LogP contribution in [0.2, 0.25) is 0 Å². The van der Waals surface area contributed by atoms with E-state index in [1.165, 1.54) is 19.4 Å². The Bertz CT molecular complexity index is 662. The van der Waals surface area contributed by atoms with E-state index in [1.807, 2.05) is 13.0 Å². The molecule has 0 atom stereocenters. The fourth-order valence-corrected chi connectivity index (χ4v) is 2.31. The van der Waals surface area contributed by atoms with Crippen molar-refractivity contribution in [3.8, 4) is 5.75 Å². The van der Waals surface area contributed by atoms with Crippen LogP contribution in [0, 0.1) is 12.9 Å². The van der Waals surface area contributed by atoms with Gasteiger partial charge in [-0.05, 0) is 30.7 Å². The summed E-state index contributed by atoms with van der Waals surface area (Å²) >= 11 is 3.36. The minimum Gasteiger partial charge on any atom is -0.495 e. The number of anilines is 1. The van der Waals surface area contributed by atoms with Gasteiger partial charge >= 0.3 is 0 Å². The number of hydrogen-bond donors (Lipinski definition) is 1. The Labute approximate surface area is 124 Å². The van der Waals surface area contributed by atoms with Gasteiger partial charge in [-0.2, -0.15) is 4.39 Å². The summed E-state index contributed by atoms with van der Waals surface area (Å²) in [5.74, 6) is -0.591. The first-order valence-corrected chi connectivity index (χ1v) is 6.57. The van der Waals surface area contributed by atoms with Crippen LogP contribution in [0.5, 0.6) is 5.75 Å². The van der Waals surface area contributed by atoms with E-state index in [0.717, 1.165) is 16.1 Å². The first-order chi connectivity index (χ1) is 9.51. The third kappa shape index (κ3) is 3.14. The molecule has 1 amide bonds. The molecule has 104 valence electrons. The molecule has 0 fully saturated rings. The van der Waals surface area contributed by atoms with Crippen LogP contribution < -0.4 is 10.1 Å². The number of hydrogen-bond acceptors (Lipinski definition) is 3. The Morgan fingerprint density at radius 1 is 1.40 bits per heavy atom. The molecule has 0 aliphatic heterocycles. The van der Waals surface area contributed by atoms with E-state index in [4.69, 9.17) is 4.74 Å². The second-order valence-electron chi connectivity index (χ2n) is 4.12. The molecule has 0 saturated heterocycles. The van der Waals surface area contributed by atoms with Crippen molar-refractivity contribution in [2.24, 2.45) is 0 Å². The highest BCUT2D eigenvalue weighted by Gasteiger charge is 2.13. The molecule has 6 heteroatoms. The van der Waals surface area contributed by atoms with Crippen molar-refractivity contribution < 1.29 is 13.9 Å². The van der Waals surface area contributed by atoms with E-state index >= 15 is 0 Å². The van der Waals surface area contributed by atoms with Gasteiger partial charge in [-0.15, -0.1) is 0 Å². The predicted octanol–water partition coefficient (Wildman–Crippen LogP) is 3.55. The Hall–Kier alpha value is -1.95. The summed E-state index contributed by atoms with van der Waals surface area (Å²) in [6, 6.07) is 6.12. The molecule has 0 aliphatic rings. The highest BCUT2D eigenvalue weighted by Crippen LogP contribution is 2.32. The van der Waals surface area contributed by atoms with Gasteiger partial charge in [-0.3, -0.25) is 4.79 Å². The van der Waals surface area contributed by atoms with E-state index in [2.05, 4.69) is 26.2 Å². The van der Waals surface area contributed by atoms with Crippen molar-refractivity contribution >= 4 is 27.5 Å². The van der Waals surface area contributed by atoms with Crippen molar-refractivity contribution in [1.82, 2.24) is 4.98 Å². The van der Waals surface area contributed by atoms with Gasteiger partial charge in [0.15, 0.2) is 0 Å². The lowest BCUT2D eigenvalue weighted by Crippen LogP contribution is -2.14. The standard InChI is InChI=1S/C14H12BrFN2O2/c1-8-5-10(15)7-11(20-2)13(8)18-14(19)9-3-4-17-12(16)6-9/h3-7H,1-2H3,(H,18,19). The molecular weight excluding hydrogens is 327 g/mol. The molecule has 0 unspecified atom stereocenters. The number of benzene rings is 1. The van der Waals surface area contributed by atoms with Gasteiger partial charge in [0.2, 0.25) is 5.95 Å². The lowest BCUT2D eigenvalue weighted by Gasteiger charge is -2.13. The molecule has 1 N–H and O–H groups in total. The summed E-state index contributed by atoms with van der Waals surface area (Å²) < 4.78 is 19.1. The van der Waals surface area contributed by atoms with Crippen LogP contribution in [0.4, 0.5) is 10.1 Å². The molecule has 0 saturated carbocycles. The normalized spacial score (nSPS) is 10.2. The molecule has 0 radical (unpaired) electrons. The van der Waals surface area contributed by atoms with Crippen LogP contribution in [0.1, 0.15) is 15.9 Å². The average molecular weight is 339 g/mol. The maximum absolute atomic E-state index is 13.0. The van der Waals surface area contributed by atoms with Gasteiger partial charge in [0.25, 0.3) is 5.91 Å². The fraction of sp³-hybridized carbons (Fsp3) is 0.143. The van der Waals surface area contributed by atoms with E-state index < -0.39 is 11.9 Å². The lowest BCUT2D eigenvalue weighted by molar-refractivity contribution is 0.102. The number of nitrogens with zero attached hydrogens (tertiary/aromatic N) is 1. The van der Waals surface area contributed by atoms with Gasteiger partial charge in [0.05, 0.1) is 12.8 Å². The largest absolute Gasteiger partial charge is 0.495 e. The summed E-state index contributed by atoms with van der Waals surface area (Å²) in [7, 11) is 1.52. The van der Waals surface area contributed by atoms with Crippen molar-refractivity contribution in [2.45, 2.75) is 6.92 Å². The number of aromatic nitrogens is 1. The number of halogens is 2. The van der Waals surface area contributed by atoms with Gasteiger partial charge in [0, 0.05) is 22.3 Å². The molecule has 1 aromatic heterocycles. The summed E-state index contributed by atoms with van der Waals surface area (Å²) in [5, 5.41) is 2.72. The summed E-state index contributed by atoms with van der Waals surface area (Å²) in [5.41, 5.74) is 1.58. The monoisotopic (exact) mass is 338 g/mol. The predicted molar refractivity (Wildman–Crippen MR) is 77.6 cm³/mol. The van der Waals surface area contributed by atoms with Crippen LogP contribution in [-0.2, 0) is 0 Å². The topological polar surface area (TPSA) is 51.2 Å². The summed E-state index contributed by atoms with van der Waals surface area (Å²) in [4.78, 5) is 15.5. The molecule has 20 heavy (non-hydrogen) atoms. The van der Waals surface area contributed by atoms with Crippen molar-refractivity contribution in [1.29, 1.82) is 0 Å². The van der Waals surface area contributed by atoms with Crippen LogP contribution in [0.15, 0.2) is 34.9 Å². The number of amides is 1. The average Bonchev–Trinajstić information content (AvgIpc) is 2.41. The number of carbonyl (C=O) groups excluding carboxylic acids is 1. The van der Waals surface area contributed by atoms with E-state index in [-0.39, 0.29) is 5.56 Å². The molecule has 4 nitrogen and oxygen atoms in total. The quantitative estimate of drug-likeness (QED) is 0.870. The minimum absolute atomic E-state index is 0.196. The van der Waals surface area contributed by atoms with Crippen molar-refractivity contribution in [3.63, 3.8) is 0 Å². The van der Waals surface area contributed by atoms with Crippen molar-refractivity contribution in [2.75, 3.05) is 12.4 Å². The number of aryl methyl sites for hydroxylation is 1. The van der Waals surface area contributed by atoms with Crippen LogP contribution in [-0.4, -0.2) is 18.0 Å². The molecule has 2 aromatic rings. The molecule has 2 rings (SSSR count). The molecular formula is C14H12BrFN2O2. The number of ether oxygens (including phenoxy) is 1. The number of rotatable bonds is 3. The number of nitrogens with one attached hydrogen (secondary N) is 1. The third-order valence-corrected chi connectivity index (χ3v) is 3.17. The minimum atomic E-state index is -0.697. The summed E-state index contributed by atoms with van der Waals surface area (Å²) in [6.45, 7) is 1.84. The third-order valence-electron chi connectivity index (χ3n) is 2.71. The maximum atomic E-state index is 13.0. The Morgan fingerprint density at radius 2 is 2.15 bits per heavy atom. The SMILES string of the molecule is COc1cc(Br)cc(C)c1NC(=O)c1ccnc(F)c1. The fourth-order valence-electron chi connectivity index (χ4n) is 1.76. The zero-order valence-corrected chi connectivity index (χ0v) is 12.5. The Balaban J connectivity index is 2.32. The first kappa shape index (κ1) is 14.5. The van der Waals surface area contributed by atoms with Gasteiger partial charge in [0.1, 0.15) is 5.75 Å². The molecule has 0 aliphatic carbocycles. The number of pyridine rings is 1. The highest BCUT2D eigenvalue weighted by atomic mass is 79.9. The molecule has 1 aromatic carbocycles. The molecule has 1 heterocycles.